The minimum atomic E-state index is -0.418. The number of nitrogens with one attached hydrogen (secondary N) is 2. The molecule has 1 aromatic carbocycles. The first-order valence-electron chi connectivity index (χ1n) is 7.38. The van der Waals surface area contributed by atoms with Crippen LogP contribution < -0.4 is 11.3 Å². The van der Waals surface area contributed by atoms with Crippen molar-refractivity contribution in [1.29, 1.82) is 0 Å². The van der Waals surface area contributed by atoms with Gasteiger partial charge in [-0.05, 0) is 36.6 Å². The molecular weight excluding hydrogens is 309 g/mol. The van der Waals surface area contributed by atoms with E-state index < -0.39 is 11.4 Å². The Morgan fingerprint density at radius 1 is 1.17 bits per heavy atom. The van der Waals surface area contributed by atoms with Gasteiger partial charge in [0, 0.05) is 17.1 Å². The lowest BCUT2D eigenvalue weighted by Gasteiger charge is -2.12. The van der Waals surface area contributed by atoms with E-state index in [0.29, 0.717) is 27.5 Å². The van der Waals surface area contributed by atoms with Crippen LogP contribution in [-0.4, -0.2) is 20.2 Å². The van der Waals surface area contributed by atoms with Gasteiger partial charge in [-0.1, -0.05) is 6.07 Å². The molecule has 0 aliphatic carbocycles. The molecule has 0 radical (unpaired) electrons. The van der Waals surface area contributed by atoms with Gasteiger partial charge in [0.2, 0.25) is 0 Å². The second-order valence-corrected chi connectivity index (χ2v) is 5.79. The average Bonchev–Trinajstić information content (AvgIpc) is 3.05. The van der Waals surface area contributed by atoms with Gasteiger partial charge in [0.05, 0.1) is 17.2 Å². The van der Waals surface area contributed by atoms with Gasteiger partial charge in [0.1, 0.15) is 17.0 Å². The van der Waals surface area contributed by atoms with Crippen LogP contribution in [0.5, 0.6) is 0 Å². The van der Waals surface area contributed by atoms with Crippen LogP contribution in [0.2, 0.25) is 0 Å². The predicted molar refractivity (Wildman–Crippen MR) is 91.3 cm³/mol. The SMILES string of the molecule is Cc1cnc2c(-c3ccc(F)c4[nH]ncc34)c(N)c(=O)[nH]c2c1C. The Hall–Kier alpha value is -3.22. The smallest absolute Gasteiger partial charge is 0.272 e. The van der Waals surface area contributed by atoms with Crippen molar-refractivity contribution in [3.05, 3.63) is 51.8 Å². The Morgan fingerprint density at radius 2 is 1.96 bits per heavy atom. The lowest BCUT2D eigenvalue weighted by molar-refractivity contribution is 0.636. The molecule has 0 aliphatic rings. The first-order valence-corrected chi connectivity index (χ1v) is 7.38. The third kappa shape index (κ3) is 1.84. The highest BCUT2D eigenvalue weighted by atomic mass is 19.1. The number of benzene rings is 1. The Bertz CT molecular complexity index is 1180. The maximum absolute atomic E-state index is 13.9. The van der Waals surface area contributed by atoms with E-state index in [1.54, 1.807) is 12.3 Å². The van der Waals surface area contributed by atoms with Crippen molar-refractivity contribution in [2.75, 3.05) is 5.73 Å². The fraction of sp³-hybridized carbons (Fsp3) is 0.118. The second-order valence-electron chi connectivity index (χ2n) is 5.79. The highest BCUT2D eigenvalue weighted by Crippen LogP contribution is 2.36. The number of rotatable bonds is 1. The van der Waals surface area contributed by atoms with Crippen LogP contribution in [0, 0.1) is 19.7 Å². The summed E-state index contributed by atoms with van der Waals surface area (Å²) >= 11 is 0. The van der Waals surface area contributed by atoms with E-state index >= 15 is 0 Å². The second kappa shape index (κ2) is 4.89. The van der Waals surface area contributed by atoms with E-state index in [9.17, 15) is 9.18 Å². The molecule has 3 heterocycles. The summed E-state index contributed by atoms with van der Waals surface area (Å²) < 4.78 is 13.9. The fourth-order valence-electron chi connectivity index (χ4n) is 2.95. The van der Waals surface area contributed by atoms with Crippen molar-refractivity contribution in [2.45, 2.75) is 13.8 Å². The van der Waals surface area contributed by atoms with Crippen LogP contribution in [0.1, 0.15) is 11.1 Å². The Kier molecular flexibility index (Phi) is 2.93. The van der Waals surface area contributed by atoms with Gasteiger partial charge in [-0.25, -0.2) is 4.39 Å². The van der Waals surface area contributed by atoms with E-state index in [4.69, 9.17) is 5.73 Å². The molecule has 0 unspecified atom stereocenters. The van der Waals surface area contributed by atoms with Crippen LogP contribution in [0.3, 0.4) is 0 Å². The molecule has 3 aromatic heterocycles. The number of hydrogen-bond acceptors (Lipinski definition) is 4. The molecule has 0 amide bonds. The molecule has 0 atom stereocenters. The maximum Gasteiger partial charge on any atom is 0.272 e. The molecule has 0 fully saturated rings. The monoisotopic (exact) mass is 323 g/mol. The summed E-state index contributed by atoms with van der Waals surface area (Å²) in [6.07, 6.45) is 3.25. The van der Waals surface area contributed by atoms with Gasteiger partial charge in [0.25, 0.3) is 5.56 Å². The third-order valence-corrected chi connectivity index (χ3v) is 4.41. The lowest BCUT2D eigenvalue weighted by Crippen LogP contribution is -2.15. The first kappa shape index (κ1) is 14.4. The zero-order chi connectivity index (χ0) is 17.0. The molecule has 0 spiro atoms. The molecule has 0 saturated heterocycles. The van der Waals surface area contributed by atoms with Crippen LogP contribution in [0.25, 0.3) is 33.1 Å². The Labute approximate surface area is 135 Å². The standard InChI is InChI=1S/C17H14FN5O/c1-7-5-20-16-12(13(19)17(24)22-14(16)8(7)2)9-3-4-11(18)15-10(9)6-21-23-15/h3-6H,19H2,1-2H3,(H,21,23)(H,22,24). The summed E-state index contributed by atoms with van der Waals surface area (Å²) in [5.41, 5.74) is 10.2. The molecule has 6 nitrogen and oxygen atoms in total. The Morgan fingerprint density at radius 3 is 2.75 bits per heavy atom. The highest BCUT2D eigenvalue weighted by molar-refractivity contribution is 6.06. The summed E-state index contributed by atoms with van der Waals surface area (Å²) in [5, 5.41) is 7.08. The highest BCUT2D eigenvalue weighted by Gasteiger charge is 2.19. The fourth-order valence-corrected chi connectivity index (χ4v) is 2.95. The van der Waals surface area contributed by atoms with Gasteiger partial charge in [0.15, 0.2) is 0 Å². The number of nitrogen functional groups attached to an aromatic ring is 1. The number of aromatic nitrogens is 4. The lowest BCUT2D eigenvalue weighted by atomic mass is 9.98. The average molecular weight is 323 g/mol. The predicted octanol–water partition coefficient (Wildman–Crippen LogP) is 2.80. The zero-order valence-corrected chi connectivity index (χ0v) is 13.1. The first-order chi connectivity index (χ1) is 11.5. The molecule has 120 valence electrons. The van der Waals surface area contributed by atoms with Gasteiger partial charge in [-0.3, -0.25) is 14.9 Å². The quantitative estimate of drug-likeness (QED) is 0.501. The largest absolute Gasteiger partial charge is 0.394 e. The number of fused-ring (bicyclic) bond motifs is 2. The van der Waals surface area contributed by atoms with Crippen molar-refractivity contribution in [3.63, 3.8) is 0 Å². The topological polar surface area (TPSA) is 100 Å². The Balaban J connectivity index is 2.22. The summed E-state index contributed by atoms with van der Waals surface area (Å²) in [7, 11) is 0. The number of hydrogen-bond donors (Lipinski definition) is 3. The normalized spacial score (nSPS) is 11.5. The molecule has 4 rings (SSSR count). The number of H-pyrrole nitrogens is 2. The van der Waals surface area contributed by atoms with E-state index in [1.165, 1.54) is 12.3 Å². The van der Waals surface area contributed by atoms with Gasteiger partial charge < -0.3 is 10.7 Å². The molecule has 7 heteroatoms. The minimum absolute atomic E-state index is 0.0485. The molecule has 4 N–H and O–H groups in total. The van der Waals surface area contributed by atoms with E-state index in [-0.39, 0.29) is 11.2 Å². The minimum Gasteiger partial charge on any atom is -0.394 e. The molecule has 24 heavy (non-hydrogen) atoms. The van der Waals surface area contributed by atoms with Crippen LogP contribution in [-0.2, 0) is 0 Å². The van der Waals surface area contributed by atoms with Crippen molar-refractivity contribution < 1.29 is 4.39 Å². The molecular formula is C17H14FN5O. The molecule has 0 bridgehead atoms. The van der Waals surface area contributed by atoms with Crippen LogP contribution >= 0.6 is 0 Å². The third-order valence-electron chi connectivity index (χ3n) is 4.41. The van der Waals surface area contributed by atoms with Crippen molar-refractivity contribution >= 4 is 27.6 Å². The number of pyridine rings is 2. The van der Waals surface area contributed by atoms with Crippen molar-refractivity contribution in [2.24, 2.45) is 0 Å². The zero-order valence-electron chi connectivity index (χ0n) is 13.1. The van der Waals surface area contributed by atoms with Crippen LogP contribution in [0.15, 0.2) is 29.3 Å². The van der Waals surface area contributed by atoms with Gasteiger partial charge >= 0.3 is 0 Å². The number of anilines is 1. The number of halogens is 1. The summed E-state index contributed by atoms with van der Waals surface area (Å²) in [6, 6.07) is 2.91. The van der Waals surface area contributed by atoms with E-state index in [1.807, 2.05) is 13.8 Å². The maximum atomic E-state index is 13.9. The van der Waals surface area contributed by atoms with Gasteiger partial charge in [-0.15, -0.1) is 0 Å². The summed E-state index contributed by atoms with van der Waals surface area (Å²) in [5.74, 6) is -0.418. The van der Waals surface area contributed by atoms with Crippen molar-refractivity contribution in [1.82, 2.24) is 20.2 Å². The number of aromatic amines is 2. The summed E-state index contributed by atoms with van der Waals surface area (Å²) in [6.45, 7) is 3.83. The van der Waals surface area contributed by atoms with E-state index in [2.05, 4.69) is 20.2 Å². The number of nitrogens with zero attached hydrogens (tertiary/aromatic N) is 2. The number of nitrogens with two attached hydrogens (primary N) is 1. The molecule has 0 saturated carbocycles. The van der Waals surface area contributed by atoms with Gasteiger partial charge in [-0.2, -0.15) is 5.10 Å². The van der Waals surface area contributed by atoms with Crippen molar-refractivity contribution in [3.8, 4) is 11.1 Å². The summed E-state index contributed by atoms with van der Waals surface area (Å²) in [4.78, 5) is 19.6. The molecule has 0 aliphatic heterocycles. The number of aryl methyl sites for hydroxylation is 2. The molecule has 4 aromatic rings. The van der Waals surface area contributed by atoms with E-state index in [0.717, 1.165) is 11.1 Å². The van der Waals surface area contributed by atoms with Crippen LogP contribution in [0.4, 0.5) is 10.1 Å².